The molecule has 170 valence electrons. The van der Waals surface area contributed by atoms with Crippen molar-refractivity contribution in [3.8, 4) is 5.75 Å². The van der Waals surface area contributed by atoms with Gasteiger partial charge in [0, 0.05) is 59.1 Å². The molecule has 3 amide bonds. The molecule has 8 nitrogen and oxygen atoms in total. The number of phenols is 1. The number of carbonyl (C=O) groups excluding carboxylic acids is 2. The molecule has 2 aromatic heterocycles. The first kappa shape index (κ1) is 21.2. The number of nitrogens with one attached hydrogen (secondary N) is 4. The highest BCUT2D eigenvalue weighted by molar-refractivity contribution is 6.19. The summed E-state index contributed by atoms with van der Waals surface area (Å²) in [5.74, 6) is 0.219. The molecule has 9 heteroatoms. The Morgan fingerprint density at radius 2 is 2.09 bits per heavy atom. The average molecular weight is 466 g/mol. The number of aromatic amines is 2. The first-order valence-electron chi connectivity index (χ1n) is 10.8. The van der Waals surface area contributed by atoms with Crippen LogP contribution < -0.4 is 15.5 Å². The number of carbonyl (C=O) groups is 2. The number of urea groups is 1. The van der Waals surface area contributed by atoms with E-state index in [1.807, 2.05) is 32.2 Å². The summed E-state index contributed by atoms with van der Waals surface area (Å²) < 4.78 is 0. The van der Waals surface area contributed by atoms with Gasteiger partial charge in [-0.15, -0.1) is 11.6 Å². The Balaban J connectivity index is 1.51. The van der Waals surface area contributed by atoms with Gasteiger partial charge in [0.25, 0.3) is 5.91 Å². The van der Waals surface area contributed by atoms with Crippen LogP contribution in [0.1, 0.15) is 34.5 Å². The molecule has 5 N–H and O–H groups in total. The molecule has 0 saturated heterocycles. The Hall–Kier alpha value is -3.65. The molecule has 1 atom stereocenters. The van der Waals surface area contributed by atoms with E-state index in [1.54, 1.807) is 23.1 Å². The van der Waals surface area contributed by atoms with E-state index in [0.717, 1.165) is 27.4 Å². The number of phenolic OH excluding ortho intramolecular Hbond substituents is 1. The summed E-state index contributed by atoms with van der Waals surface area (Å²) in [6.45, 7) is 4.78. The average Bonchev–Trinajstić information content (AvgIpc) is 3.48. The lowest BCUT2D eigenvalue weighted by atomic mass is 9.97. The quantitative estimate of drug-likeness (QED) is 0.279. The first-order valence-corrected chi connectivity index (χ1v) is 11.3. The van der Waals surface area contributed by atoms with Crippen LogP contribution in [0.4, 0.5) is 16.2 Å². The lowest BCUT2D eigenvalue weighted by Crippen LogP contribution is -2.30. The zero-order chi connectivity index (χ0) is 23.3. The molecule has 3 heterocycles. The molecular formula is C24H24ClN5O3. The van der Waals surface area contributed by atoms with Gasteiger partial charge in [0.05, 0.1) is 11.2 Å². The van der Waals surface area contributed by atoms with Gasteiger partial charge in [-0.25, -0.2) is 4.79 Å². The molecule has 0 radical (unpaired) electrons. The van der Waals surface area contributed by atoms with Crippen molar-refractivity contribution >= 4 is 56.7 Å². The molecule has 1 aliphatic heterocycles. The standard InChI is InChI=1S/C24H24ClN5O3/c1-3-26-24(33)28-15-4-5-16-13(6-15)7-17(29-16)23(32)30-11-14(9-25)21-18(30)8-19(31)22-20(21)12(2)10-27-22/h4-8,10,14,27,29,31H,3,9,11H2,1-2H3,(H2,26,28,33). The van der Waals surface area contributed by atoms with Gasteiger partial charge in [0.15, 0.2) is 0 Å². The van der Waals surface area contributed by atoms with Crippen molar-refractivity contribution in [1.29, 1.82) is 0 Å². The Morgan fingerprint density at radius 1 is 1.27 bits per heavy atom. The van der Waals surface area contributed by atoms with E-state index in [-0.39, 0.29) is 23.6 Å². The fourth-order valence-electron chi connectivity index (χ4n) is 4.65. The number of benzene rings is 2. The number of halogens is 1. The minimum absolute atomic E-state index is 0.0412. The minimum atomic E-state index is -0.282. The number of aromatic hydroxyl groups is 1. The lowest BCUT2D eigenvalue weighted by molar-refractivity contribution is 0.0984. The van der Waals surface area contributed by atoms with E-state index in [2.05, 4.69) is 20.6 Å². The largest absolute Gasteiger partial charge is 0.506 e. The number of hydrogen-bond donors (Lipinski definition) is 5. The van der Waals surface area contributed by atoms with Crippen LogP contribution in [-0.4, -0.2) is 46.0 Å². The number of rotatable bonds is 4. The topological polar surface area (TPSA) is 113 Å². The highest BCUT2D eigenvalue weighted by Gasteiger charge is 2.36. The number of nitrogens with zero attached hydrogens (tertiary/aromatic N) is 1. The molecule has 4 aromatic rings. The summed E-state index contributed by atoms with van der Waals surface area (Å²) >= 11 is 6.30. The maximum Gasteiger partial charge on any atom is 0.319 e. The number of alkyl halides is 1. The van der Waals surface area contributed by atoms with Crippen LogP contribution in [0.15, 0.2) is 36.5 Å². The molecule has 33 heavy (non-hydrogen) atoms. The molecule has 0 fully saturated rings. The van der Waals surface area contributed by atoms with Crippen LogP contribution in [-0.2, 0) is 0 Å². The van der Waals surface area contributed by atoms with Crippen molar-refractivity contribution in [2.75, 3.05) is 29.2 Å². The van der Waals surface area contributed by atoms with Crippen LogP contribution in [0.2, 0.25) is 0 Å². The molecule has 0 saturated carbocycles. The molecule has 1 unspecified atom stereocenters. The summed E-state index contributed by atoms with van der Waals surface area (Å²) in [5.41, 5.74) is 5.16. The number of fused-ring (bicyclic) bond motifs is 4. The number of amides is 3. The van der Waals surface area contributed by atoms with Crippen LogP contribution in [0, 0.1) is 6.92 Å². The maximum atomic E-state index is 13.5. The molecule has 0 bridgehead atoms. The zero-order valence-corrected chi connectivity index (χ0v) is 19.0. The number of aryl methyl sites for hydroxylation is 1. The summed E-state index contributed by atoms with van der Waals surface area (Å²) in [5, 5.41) is 17.8. The third-order valence-electron chi connectivity index (χ3n) is 6.13. The number of hydrogen-bond acceptors (Lipinski definition) is 3. The first-order chi connectivity index (χ1) is 15.9. The highest BCUT2D eigenvalue weighted by Crippen LogP contribution is 2.46. The summed E-state index contributed by atoms with van der Waals surface area (Å²) in [4.78, 5) is 33.3. The molecular weight excluding hydrogens is 442 g/mol. The van der Waals surface area contributed by atoms with Gasteiger partial charge in [-0.3, -0.25) is 4.79 Å². The summed E-state index contributed by atoms with van der Waals surface area (Å²) in [6.07, 6.45) is 1.85. The van der Waals surface area contributed by atoms with Crippen LogP contribution in [0.3, 0.4) is 0 Å². The third-order valence-corrected chi connectivity index (χ3v) is 6.50. The highest BCUT2D eigenvalue weighted by atomic mass is 35.5. The zero-order valence-electron chi connectivity index (χ0n) is 18.3. The molecule has 1 aliphatic rings. The van der Waals surface area contributed by atoms with Crippen molar-refractivity contribution in [2.45, 2.75) is 19.8 Å². The Bertz CT molecular complexity index is 1410. The van der Waals surface area contributed by atoms with E-state index in [1.165, 1.54) is 0 Å². The second-order valence-corrected chi connectivity index (χ2v) is 8.60. The smallest absolute Gasteiger partial charge is 0.319 e. The van der Waals surface area contributed by atoms with Crippen molar-refractivity contribution in [1.82, 2.24) is 15.3 Å². The normalized spacial score (nSPS) is 15.2. The Labute approximate surface area is 194 Å². The van der Waals surface area contributed by atoms with Crippen molar-refractivity contribution in [3.05, 3.63) is 53.3 Å². The fraction of sp³-hybridized carbons (Fsp3) is 0.250. The summed E-state index contributed by atoms with van der Waals surface area (Å²) in [6, 6.07) is 8.54. The van der Waals surface area contributed by atoms with E-state index >= 15 is 0 Å². The molecule has 0 spiro atoms. The molecule has 2 aromatic carbocycles. The molecule has 5 rings (SSSR count). The van der Waals surface area contributed by atoms with E-state index in [4.69, 9.17) is 11.6 Å². The second-order valence-electron chi connectivity index (χ2n) is 8.29. The predicted octanol–water partition coefficient (Wildman–Crippen LogP) is 4.79. The Morgan fingerprint density at radius 3 is 2.85 bits per heavy atom. The van der Waals surface area contributed by atoms with Gasteiger partial charge in [0.2, 0.25) is 0 Å². The van der Waals surface area contributed by atoms with E-state index in [0.29, 0.717) is 41.6 Å². The SMILES string of the molecule is CCNC(=O)Nc1ccc2[nH]c(C(=O)N3CC(CCl)c4c3cc(O)c3[nH]cc(C)c43)cc2c1. The van der Waals surface area contributed by atoms with Gasteiger partial charge < -0.3 is 30.6 Å². The lowest BCUT2D eigenvalue weighted by Gasteiger charge is -2.17. The van der Waals surface area contributed by atoms with Gasteiger partial charge in [-0.2, -0.15) is 0 Å². The van der Waals surface area contributed by atoms with Crippen LogP contribution >= 0.6 is 11.6 Å². The van der Waals surface area contributed by atoms with Crippen molar-refractivity contribution in [2.24, 2.45) is 0 Å². The van der Waals surface area contributed by atoms with Gasteiger partial charge in [-0.05, 0) is 49.2 Å². The Kier molecular flexibility index (Phi) is 5.17. The summed E-state index contributed by atoms with van der Waals surface area (Å²) in [7, 11) is 0. The molecule has 0 aliphatic carbocycles. The second kappa shape index (κ2) is 8.04. The van der Waals surface area contributed by atoms with Gasteiger partial charge in [0.1, 0.15) is 11.4 Å². The monoisotopic (exact) mass is 465 g/mol. The van der Waals surface area contributed by atoms with Crippen molar-refractivity contribution < 1.29 is 14.7 Å². The predicted molar refractivity (Wildman–Crippen MR) is 131 cm³/mol. The maximum absolute atomic E-state index is 13.5. The van der Waals surface area contributed by atoms with Gasteiger partial charge in [-0.1, -0.05) is 0 Å². The van der Waals surface area contributed by atoms with Crippen LogP contribution in [0.25, 0.3) is 21.8 Å². The van der Waals surface area contributed by atoms with Crippen LogP contribution in [0.5, 0.6) is 5.75 Å². The van der Waals surface area contributed by atoms with E-state index < -0.39 is 0 Å². The third kappa shape index (κ3) is 3.47. The number of H-pyrrole nitrogens is 2. The van der Waals surface area contributed by atoms with E-state index in [9.17, 15) is 14.7 Å². The van der Waals surface area contributed by atoms with Crippen molar-refractivity contribution in [3.63, 3.8) is 0 Å². The minimum Gasteiger partial charge on any atom is -0.506 e. The number of anilines is 2. The number of aromatic nitrogens is 2. The van der Waals surface area contributed by atoms with Gasteiger partial charge >= 0.3 is 6.03 Å². The fourth-order valence-corrected chi connectivity index (χ4v) is 4.90.